The van der Waals surface area contributed by atoms with Crippen LogP contribution in [0, 0.1) is 0 Å². The van der Waals surface area contributed by atoms with Crippen LogP contribution in [0.4, 0.5) is 0 Å². The standard InChI is InChI=1S/C11H18OS/c1-3-4-5-8-11(2,12)10-7-6-9-13-10/h6-7,9,12H,3-5,8H2,1-2H3. The van der Waals surface area contributed by atoms with E-state index < -0.39 is 5.60 Å². The van der Waals surface area contributed by atoms with Gasteiger partial charge in [-0.2, -0.15) is 0 Å². The van der Waals surface area contributed by atoms with Gasteiger partial charge in [0.2, 0.25) is 0 Å². The molecule has 1 N–H and O–H groups in total. The summed E-state index contributed by atoms with van der Waals surface area (Å²) >= 11 is 1.64. The van der Waals surface area contributed by atoms with E-state index in [1.807, 2.05) is 24.4 Å². The number of aliphatic hydroxyl groups is 1. The van der Waals surface area contributed by atoms with E-state index in [1.54, 1.807) is 11.3 Å². The van der Waals surface area contributed by atoms with Gasteiger partial charge < -0.3 is 5.11 Å². The van der Waals surface area contributed by atoms with Crippen molar-refractivity contribution < 1.29 is 5.11 Å². The molecule has 1 aromatic heterocycles. The lowest BCUT2D eigenvalue weighted by molar-refractivity contribution is 0.0487. The molecule has 0 aliphatic carbocycles. The van der Waals surface area contributed by atoms with E-state index in [0.717, 1.165) is 17.7 Å². The Hall–Kier alpha value is -0.340. The predicted octanol–water partition coefficient (Wildman–Crippen LogP) is 3.54. The summed E-state index contributed by atoms with van der Waals surface area (Å²) in [6, 6.07) is 4.00. The van der Waals surface area contributed by atoms with Crippen molar-refractivity contribution in [2.75, 3.05) is 0 Å². The monoisotopic (exact) mass is 198 g/mol. The number of rotatable bonds is 5. The van der Waals surface area contributed by atoms with Crippen LogP contribution in [-0.2, 0) is 5.60 Å². The highest BCUT2D eigenvalue weighted by Crippen LogP contribution is 2.30. The van der Waals surface area contributed by atoms with Crippen molar-refractivity contribution in [3.63, 3.8) is 0 Å². The van der Waals surface area contributed by atoms with Gasteiger partial charge in [0.15, 0.2) is 0 Å². The third kappa shape index (κ3) is 3.12. The topological polar surface area (TPSA) is 20.2 Å². The van der Waals surface area contributed by atoms with Crippen molar-refractivity contribution in [1.82, 2.24) is 0 Å². The lowest BCUT2D eigenvalue weighted by atomic mass is 9.97. The van der Waals surface area contributed by atoms with Crippen LogP contribution < -0.4 is 0 Å². The summed E-state index contributed by atoms with van der Waals surface area (Å²) < 4.78 is 0. The van der Waals surface area contributed by atoms with Crippen molar-refractivity contribution >= 4 is 11.3 Å². The van der Waals surface area contributed by atoms with Crippen LogP contribution in [0.1, 0.15) is 44.4 Å². The molecule has 0 spiro atoms. The molecule has 2 heteroatoms. The second kappa shape index (κ2) is 4.77. The number of unbranched alkanes of at least 4 members (excludes halogenated alkanes) is 2. The lowest BCUT2D eigenvalue weighted by Gasteiger charge is -2.21. The highest BCUT2D eigenvalue weighted by atomic mass is 32.1. The Morgan fingerprint density at radius 2 is 2.23 bits per heavy atom. The van der Waals surface area contributed by atoms with Crippen LogP contribution in [-0.4, -0.2) is 5.11 Å². The molecule has 13 heavy (non-hydrogen) atoms. The van der Waals surface area contributed by atoms with Gasteiger partial charge in [0, 0.05) is 4.88 Å². The van der Waals surface area contributed by atoms with Gasteiger partial charge in [0.05, 0.1) is 5.60 Å². The predicted molar refractivity (Wildman–Crippen MR) is 58.0 cm³/mol. The third-order valence-corrected chi connectivity index (χ3v) is 3.44. The zero-order valence-corrected chi connectivity index (χ0v) is 9.23. The highest BCUT2D eigenvalue weighted by Gasteiger charge is 2.22. The molecule has 0 bridgehead atoms. The highest BCUT2D eigenvalue weighted by molar-refractivity contribution is 7.10. The Bertz CT molecular complexity index is 226. The summed E-state index contributed by atoms with van der Waals surface area (Å²) in [6.07, 6.45) is 4.41. The Morgan fingerprint density at radius 3 is 2.77 bits per heavy atom. The lowest BCUT2D eigenvalue weighted by Crippen LogP contribution is -2.19. The van der Waals surface area contributed by atoms with Crippen molar-refractivity contribution in [2.24, 2.45) is 0 Å². The van der Waals surface area contributed by atoms with E-state index >= 15 is 0 Å². The minimum atomic E-state index is -0.608. The van der Waals surface area contributed by atoms with Gasteiger partial charge in [-0.25, -0.2) is 0 Å². The summed E-state index contributed by atoms with van der Waals surface area (Å²) in [5.74, 6) is 0. The van der Waals surface area contributed by atoms with Gasteiger partial charge in [-0.05, 0) is 24.8 Å². The first kappa shape index (κ1) is 10.7. The Morgan fingerprint density at radius 1 is 1.46 bits per heavy atom. The summed E-state index contributed by atoms with van der Waals surface area (Å²) in [4.78, 5) is 1.09. The Balaban J connectivity index is 2.46. The van der Waals surface area contributed by atoms with Gasteiger partial charge in [-0.3, -0.25) is 0 Å². The van der Waals surface area contributed by atoms with Crippen LogP contribution in [0.3, 0.4) is 0 Å². The molecule has 0 saturated carbocycles. The largest absolute Gasteiger partial charge is 0.385 e. The van der Waals surface area contributed by atoms with Crippen molar-refractivity contribution in [3.8, 4) is 0 Å². The van der Waals surface area contributed by atoms with Crippen molar-refractivity contribution in [1.29, 1.82) is 0 Å². The molecular weight excluding hydrogens is 180 g/mol. The second-order valence-corrected chi connectivity index (χ2v) is 4.66. The summed E-state index contributed by atoms with van der Waals surface area (Å²) in [5.41, 5.74) is -0.608. The Kier molecular flexibility index (Phi) is 3.94. The smallest absolute Gasteiger partial charge is 0.0959 e. The Labute approximate surface area is 84.4 Å². The molecule has 74 valence electrons. The zero-order chi connectivity index (χ0) is 9.73. The first-order chi connectivity index (χ1) is 6.17. The molecule has 0 aromatic carbocycles. The maximum absolute atomic E-state index is 10.1. The average Bonchev–Trinajstić information content (AvgIpc) is 2.56. The van der Waals surface area contributed by atoms with E-state index in [4.69, 9.17) is 0 Å². The van der Waals surface area contributed by atoms with E-state index in [1.165, 1.54) is 12.8 Å². The van der Waals surface area contributed by atoms with E-state index in [-0.39, 0.29) is 0 Å². The summed E-state index contributed by atoms with van der Waals surface area (Å²) in [5, 5.41) is 12.1. The van der Waals surface area contributed by atoms with Crippen LogP contribution in [0.5, 0.6) is 0 Å². The summed E-state index contributed by atoms with van der Waals surface area (Å²) in [6.45, 7) is 4.09. The minimum absolute atomic E-state index is 0.608. The molecule has 0 fully saturated rings. The van der Waals surface area contributed by atoms with Gasteiger partial charge >= 0.3 is 0 Å². The fourth-order valence-corrected chi connectivity index (χ4v) is 2.24. The summed E-state index contributed by atoms with van der Waals surface area (Å²) in [7, 11) is 0. The van der Waals surface area contributed by atoms with E-state index in [9.17, 15) is 5.11 Å². The first-order valence-electron chi connectivity index (χ1n) is 4.93. The molecule has 0 amide bonds. The molecule has 1 heterocycles. The van der Waals surface area contributed by atoms with Gasteiger partial charge in [0.25, 0.3) is 0 Å². The van der Waals surface area contributed by atoms with E-state index in [0.29, 0.717) is 0 Å². The molecule has 1 unspecified atom stereocenters. The molecule has 1 aromatic rings. The molecule has 0 radical (unpaired) electrons. The van der Waals surface area contributed by atoms with Crippen LogP contribution in [0.15, 0.2) is 17.5 Å². The molecule has 1 rings (SSSR count). The van der Waals surface area contributed by atoms with Gasteiger partial charge in [-0.15, -0.1) is 11.3 Å². The van der Waals surface area contributed by atoms with Crippen molar-refractivity contribution in [2.45, 2.75) is 45.1 Å². The fourth-order valence-electron chi connectivity index (χ4n) is 1.43. The molecule has 0 aliphatic heterocycles. The maximum atomic E-state index is 10.1. The van der Waals surface area contributed by atoms with E-state index in [2.05, 4.69) is 6.92 Å². The quantitative estimate of drug-likeness (QED) is 0.717. The number of hydrogen-bond acceptors (Lipinski definition) is 2. The minimum Gasteiger partial charge on any atom is -0.385 e. The third-order valence-electron chi connectivity index (χ3n) is 2.32. The molecule has 1 atom stereocenters. The van der Waals surface area contributed by atoms with Crippen LogP contribution in [0.2, 0.25) is 0 Å². The molecular formula is C11H18OS. The number of thiophene rings is 1. The number of hydrogen-bond donors (Lipinski definition) is 1. The normalized spacial score (nSPS) is 15.6. The molecule has 0 saturated heterocycles. The molecule has 0 aliphatic rings. The maximum Gasteiger partial charge on any atom is 0.0959 e. The van der Waals surface area contributed by atoms with Crippen LogP contribution >= 0.6 is 11.3 Å². The average molecular weight is 198 g/mol. The second-order valence-electron chi connectivity index (χ2n) is 3.71. The first-order valence-corrected chi connectivity index (χ1v) is 5.81. The van der Waals surface area contributed by atoms with Crippen LogP contribution in [0.25, 0.3) is 0 Å². The zero-order valence-electron chi connectivity index (χ0n) is 8.42. The molecule has 1 nitrogen and oxygen atoms in total. The van der Waals surface area contributed by atoms with Crippen molar-refractivity contribution in [3.05, 3.63) is 22.4 Å². The SMILES string of the molecule is CCCCCC(C)(O)c1cccs1. The van der Waals surface area contributed by atoms with Gasteiger partial charge in [-0.1, -0.05) is 32.3 Å². The fraction of sp³-hybridized carbons (Fsp3) is 0.636. The van der Waals surface area contributed by atoms with Gasteiger partial charge in [0.1, 0.15) is 0 Å².